The largest absolute Gasteiger partial charge is 0.390 e. The van der Waals surface area contributed by atoms with Crippen molar-refractivity contribution >= 4 is 61.7 Å². The number of rotatable bonds is 8. The fraction of sp³-hybridized carbons (Fsp3) is 0.333. The number of benzene rings is 2. The molecule has 0 spiro atoms. The maximum absolute atomic E-state index is 13.3. The van der Waals surface area contributed by atoms with E-state index in [9.17, 15) is 30.4 Å². The molecule has 0 radical (unpaired) electrons. The van der Waals surface area contributed by atoms with E-state index in [4.69, 9.17) is 0 Å². The Kier molecular flexibility index (Phi) is 7.87. The van der Waals surface area contributed by atoms with Gasteiger partial charge in [0.25, 0.3) is 0 Å². The number of nitrogens with one attached hydrogen (secondary N) is 1. The molecule has 9 nitrogen and oxygen atoms in total. The maximum atomic E-state index is 13.3. The Bertz CT molecular complexity index is 1280. The second-order valence-corrected chi connectivity index (χ2v) is 14.8. The summed E-state index contributed by atoms with van der Waals surface area (Å²) in [7, 11) is -11.8. The molecule has 0 aliphatic carbocycles. The Labute approximate surface area is 204 Å². The van der Waals surface area contributed by atoms with Crippen LogP contribution in [0.15, 0.2) is 67.3 Å². The van der Waals surface area contributed by atoms with E-state index in [1.807, 2.05) is 0 Å². The van der Waals surface area contributed by atoms with E-state index >= 15 is 0 Å². The maximum Gasteiger partial charge on any atom is 0.243 e. The molecule has 0 aromatic heterocycles. The number of hydrogen-bond donors (Lipinski definition) is 2. The van der Waals surface area contributed by atoms with Gasteiger partial charge in [0.2, 0.25) is 20.0 Å². The highest BCUT2D eigenvalue weighted by Crippen LogP contribution is 2.26. The van der Waals surface area contributed by atoms with Crippen molar-refractivity contribution < 1.29 is 30.4 Å². The van der Waals surface area contributed by atoms with E-state index < -0.39 is 53.5 Å². The lowest BCUT2D eigenvalue weighted by atomic mass is 10.2. The number of hydrogen-bond acceptors (Lipinski definition) is 7. The molecule has 2 N–H and O–H groups in total. The van der Waals surface area contributed by atoms with Crippen molar-refractivity contribution in [2.24, 2.45) is 0 Å². The molecule has 2 aromatic rings. The Hall–Kier alpha value is -0.870. The van der Waals surface area contributed by atoms with Crippen LogP contribution in [0.2, 0.25) is 0 Å². The van der Waals surface area contributed by atoms with Crippen LogP contribution >= 0.6 is 31.9 Å². The normalized spacial score (nSPS) is 21.1. The summed E-state index contributed by atoms with van der Waals surface area (Å²) in [5, 5.41) is 10.3. The molecular weight excluding hydrogens is 612 g/mol. The second-order valence-electron chi connectivity index (χ2n) is 7.13. The Morgan fingerprint density at radius 1 is 0.906 bits per heavy atom. The first-order chi connectivity index (χ1) is 14.8. The van der Waals surface area contributed by atoms with Crippen LogP contribution in [0.1, 0.15) is 0 Å². The summed E-state index contributed by atoms with van der Waals surface area (Å²) < 4.78 is 80.1. The second kappa shape index (κ2) is 9.78. The van der Waals surface area contributed by atoms with Crippen LogP contribution in [0.25, 0.3) is 0 Å². The molecule has 14 heteroatoms. The van der Waals surface area contributed by atoms with Crippen molar-refractivity contribution in [3.8, 4) is 0 Å². The third-order valence-electron chi connectivity index (χ3n) is 4.83. The molecule has 1 heterocycles. The number of aliphatic hydroxyl groups is 1. The SMILES string of the molecule is O=S1(=O)C[C@@H](N(CCNS(=O)(=O)c2ccc(Br)cc2)S(=O)(=O)c2ccc(Br)cc2)[C@@H](O)C1. The van der Waals surface area contributed by atoms with Crippen LogP contribution in [0, 0.1) is 0 Å². The fourth-order valence-electron chi connectivity index (χ4n) is 3.28. The van der Waals surface area contributed by atoms with Gasteiger partial charge in [0.15, 0.2) is 9.84 Å². The van der Waals surface area contributed by atoms with Crippen molar-refractivity contribution in [3.05, 3.63) is 57.5 Å². The number of aliphatic hydroxyl groups excluding tert-OH is 1. The van der Waals surface area contributed by atoms with E-state index in [-0.39, 0.29) is 22.9 Å². The minimum atomic E-state index is -4.23. The zero-order valence-corrected chi connectivity index (χ0v) is 22.0. The van der Waals surface area contributed by atoms with Gasteiger partial charge in [-0.2, -0.15) is 4.31 Å². The lowest BCUT2D eigenvalue weighted by Gasteiger charge is -2.29. The molecule has 2 atom stereocenters. The first-order valence-corrected chi connectivity index (χ1v) is 15.6. The number of nitrogens with zero attached hydrogens (tertiary/aromatic N) is 1. The molecule has 0 bridgehead atoms. The topological polar surface area (TPSA) is 138 Å². The third-order valence-corrected chi connectivity index (χ3v) is 11.0. The predicted octanol–water partition coefficient (Wildman–Crippen LogP) is 1.34. The quantitative estimate of drug-likeness (QED) is 0.448. The highest BCUT2D eigenvalue weighted by Gasteiger charge is 2.44. The molecule has 3 rings (SSSR count). The lowest BCUT2D eigenvalue weighted by Crippen LogP contribution is -2.49. The van der Waals surface area contributed by atoms with Gasteiger partial charge in [0.05, 0.1) is 33.4 Å². The summed E-state index contributed by atoms with van der Waals surface area (Å²) in [6.45, 7) is -0.692. The monoisotopic (exact) mass is 630 g/mol. The molecule has 1 saturated heterocycles. The summed E-state index contributed by atoms with van der Waals surface area (Å²) in [5.41, 5.74) is 0. The van der Waals surface area contributed by atoms with Crippen LogP contribution in [0.4, 0.5) is 0 Å². The smallest absolute Gasteiger partial charge is 0.243 e. The average molecular weight is 632 g/mol. The van der Waals surface area contributed by atoms with Gasteiger partial charge in [-0.1, -0.05) is 31.9 Å². The van der Waals surface area contributed by atoms with Gasteiger partial charge in [-0.25, -0.2) is 30.0 Å². The highest BCUT2D eigenvalue weighted by molar-refractivity contribution is 9.10. The highest BCUT2D eigenvalue weighted by atomic mass is 79.9. The Morgan fingerprint density at radius 3 is 1.88 bits per heavy atom. The van der Waals surface area contributed by atoms with E-state index in [2.05, 4.69) is 36.6 Å². The summed E-state index contributed by atoms with van der Waals surface area (Å²) in [5.74, 6) is -1.11. The van der Waals surface area contributed by atoms with E-state index in [0.29, 0.717) is 8.95 Å². The van der Waals surface area contributed by atoms with Crippen LogP contribution in [-0.4, -0.2) is 71.4 Å². The fourth-order valence-corrected chi connectivity index (χ4v) is 8.38. The van der Waals surface area contributed by atoms with Crippen LogP contribution in [0.3, 0.4) is 0 Å². The van der Waals surface area contributed by atoms with Crippen LogP contribution < -0.4 is 4.72 Å². The molecule has 0 unspecified atom stereocenters. The zero-order chi connectivity index (χ0) is 23.7. The standard InChI is InChI=1S/C18H20Br2N2O7S3/c19-13-1-5-15(6-2-13)31(26,27)21-9-10-22(17-11-30(24,25)12-18(17)23)32(28,29)16-7-3-14(20)4-8-16/h1-8,17-18,21,23H,9-12H2/t17-,18+/m1/s1. The minimum Gasteiger partial charge on any atom is -0.390 e. The predicted molar refractivity (Wildman–Crippen MR) is 126 cm³/mol. The molecule has 1 aliphatic rings. The zero-order valence-electron chi connectivity index (χ0n) is 16.4. The first kappa shape index (κ1) is 25.7. The van der Waals surface area contributed by atoms with Gasteiger partial charge in [0, 0.05) is 22.0 Å². The van der Waals surface area contributed by atoms with Crippen molar-refractivity contribution in [1.29, 1.82) is 0 Å². The van der Waals surface area contributed by atoms with Gasteiger partial charge in [-0.05, 0) is 48.5 Å². The average Bonchev–Trinajstić information content (AvgIpc) is 2.97. The van der Waals surface area contributed by atoms with Crippen LogP contribution in [-0.2, 0) is 29.9 Å². The van der Waals surface area contributed by atoms with Gasteiger partial charge in [-0.3, -0.25) is 0 Å². The molecule has 32 heavy (non-hydrogen) atoms. The van der Waals surface area contributed by atoms with E-state index in [0.717, 1.165) is 4.31 Å². The summed E-state index contributed by atoms with van der Waals surface area (Å²) in [4.78, 5) is -0.112. The molecule has 0 amide bonds. The van der Waals surface area contributed by atoms with Gasteiger partial charge in [0.1, 0.15) is 0 Å². The first-order valence-electron chi connectivity index (χ1n) is 9.23. The minimum absolute atomic E-state index is 0.00787. The van der Waals surface area contributed by atoms with Crippen molar-refractivity contribution in [3.63, 3.8) is 0 Å². The Morgan fingerprint density at radius 2 is 1.41 bits per heavy atom. The molecule has 2 aromatic carbocycles. The van der Waals surface area contributed by atoms with E-state index in [1.165, 1.54) is 36.4 Å². The number of sulfonamides is 2. The molecule has 1 fully saturated rings. The molecule has 0 saturated carbocycles. The van der Waals surface area contributed by atoms with Gasteiger partial charge < -0.3 is 5.11 Å². The molecular formula is C18H20Br2N2O7S3. The molecule has 176 valence electrons. The molecule has 1 aliphatic heterocycles. The van der Waals surface area contributed by atoms with Gasteiger partial charge >= 0.3 is 0 Å². The van der Waals surface area contributed by atoms with Crippen molar-refractivity contribution in [2.45, 2.75) is 21.9 Å². The van der Waals surface area contributed by atoms with Gasteiger partial charge in [-0.15, -0.1) is 0 Å². The summed E-state index contributed by atoms with van der Waals surface area (Å²) >= 11 is 6.44. The van der Waals surface area contributed by atoms with E-state index in [1.54, 1.807) is 12.1 Å². The van der Waals surface area contributed by atoms with Crippen molar-refractivity contribution in [1.82, 2.24) is 9.03 Å². The third kappa shape index (κ3) is 5.97. The summed E-state index contributed by atoms with van der Waals surface area (Å²) in [6, 6.07) is 10.4. The summed E-state index contributed by atoms with van der Waals surface area (Å²) in [6.07, 6.45) is -1.42. The Balaban J connectivity index is 1.86. The lowest BCUT2D eigenvalue weighted by molar-refractivity contribution is 0.128. The van der Waals surface area contributed by atoms with Crippen LogP contribution in [0.5, 0.6) is 0 Å². The van der Waals surface area contributed by atoms with Crippen molar-refractivity contribution in [2.75, 3.05) is 24.6 Å². The number of sulfone groups is 1. The number of halogens is 2.